The van der Waals surface area contributed by atoms with Crippen molar-refractivity contribution in [2.75, 3.05) is 0 Å². The summed E-state index contributed by atoms with van der Waals surface area (Å²) in [6, 6.07) is 17.5. The molecule has 0 saturated heterocycles. The molecule has 0 bridgehead atoms. The van der Waals surface area contributed by atoms with E-state index in [9.17, 15) is 0 Å². The highest BCUT2D eigenvalue weighted by Crippen LogP contribution is 2.28. The van der Waals surface area contributed by atoms with E-state index in [0.29, 0.717) is 0 Å². The van der Waals surface area contributed by atoms with Gasteiger partial charge in [0, 0.05) is 0 Å². The molecule has 232 valence electrons. The molecule has 0 aliphatic carbocycles. The molecule has 0 aliphatic heterocycles. The zero-order valence-electron chi connectivity index (χ0n) is 27.4. The molecule has 0 radical (unpaired) electrons. The molecule has 0 saturated carbocycles. The molecular formula is C40H66O. The Morgan fingerprint density at radius 3 is 1.37 bits per heavy atom. The Bertz CT molecular complexity index is 840. The highest BCUT2D eigenvalue weighted by Gasteiger charge is 2.06. The van der Waals surface area contributed by atoms with E-state index in [1.807, 2.05) is 0 Å². The van der Waals surface area contributed by atoms with Crippen LogP contribution in [0.5, 0.6) is 11.5 Å². The SMILES string of the molecule is CCCCCCCCCCCCCCc1cccc(Oc2ccccc2CCCCCCCCCCCCCC)c1. The zero-order valence-corrected chi connectivity index (χ0v) is 27.4. The molecule has 0 aromatic heterocycles. The normalized spacial score (nSPS) is 11.3. The van der Waals surface area contributed by atoms with E-state index in [1.165, 1.54) is 165 Å². The minimum Gasteiger partial charge on any atom is -0.457 e. The van der Waals surface area contributed by atoms with Gasteiger partial charge in [0.05, 0.1) is 0 Å². The number of aryl methyl sites for hydroxylation is 2. The number of hydrogen-bond donors (Lipinski definition) is 0. The third kappa shape index (κ3) is 19.1. The molecule has 2 aromatic rings. The van der Waals surface area contributed by atoms with Gasteiger partial charge in [-0.05, 0) is 55.0 Å². The Morgan fingerprint density at radius 2 is 0.854 bits per heavy atom. The molecule has 0 heterocycles. The van der Waals surface area contributed by atoms with Gasteiger partial charge in [-0.25, -0.2) is 0 Å². The number of para-hydroxylation sites is 1. The minimum absolute atomic E-state index is 0.989. The highest BCUT2D eigenvalue weighted by molar-refractivity contribution is 5.39. The first kappa shape index (κ1) is 35.4. The predicted molar refractivity (Wildman–Crippen MR) is 183 cm³/mol. The van der Waals surface area contributed by atoms with E-state index in [4.69, 9.17) is 4.74 Å². The van der Waals surface area contributed by atoms with E-state index >= 15 is 0 Å². The van der Waals surface area contributed by atoms with Crippen molar-refractivity contribution in [3.63, 3.8) is 0 Å². The molecule has 0 amide bonds. The number of unbranched alkanes of at least 4 members (excludes halogenated alkanes) is 22. The molecule has 0 N–H and O–H groups in total. The molecule has 41 heavy (non-hydrogen) atoms. The van der Waals surface area contributed by atoms with Crippen LogP contribution in [0.2, 0.25) is 0 Å². The maximum Gasteiger partial charge on any atom is 0.130 e. The van der Waals surface area contributed by atoms with Crippen LogP contribution in [0, 0.1) is 0 Å². The quantitative estimate of drug-likeness (QED) is 0.0937. The third-order valence-electron chi connectivity index (χ3n) is 8.72. The van der Waals surface area contributed by atoms with Crippen LogP contribution in [0.4, 0.5) is 0 Å². The molecule has 2 aromatic carbocycles. The summed E-state index contributed by atoms with van der Waals surface area (Å²) < 4.78 is 6.42. The topological polar surface area (TPSA) is 9.23 Å². The van der Waals surface area contributed by atoms with Crippen LogP contribution in [0.1, 0.15) is 179 Å². The lowest BCUT2D eigenvalue weighted by Crippen LogP contribution is -1.94. The van der Waals surface area contributed by atoms with E-state index in [2.05, 4.69) is 62.4 Å². The average molecular weight is 563 g/mol. The van der Waals surface area contributed by atoms with Crippen molar-refractivity contribution < 1.29 is 4.74 Å². The van der Waals surface area contributed by atoms with Crippen molar-refractivity contribution in [3.8, 4) is 11.5 Å². The molecule has 1 nitrogen and oxygen atoms in total. The van der Waals surface area contributed by atoms with Crippen LogP contribution in [0.25, 0.3) is 0 Å². The second-order valence-electron chi connectivity index (χ2n) is 12.6. The van der Waals surface area contributed by atoms with Crippen molar-refractivity contribution in [1.29, 1.82) is 0 Å². The van der Waals surface area contributed by atoms with Gasteiger partial charge in [0.15, 0.2) is 0 Å². The first-order valence-corrected chi connectivity index (χ1v) is 18.2. The number of ether oxygens (including phenoxy) is 1. The van der Waals surface area contributed by atoms with Crippen molar-refractivity contribution >= 4 is 0 Å². The summed E-state index contributed by atoms with van der Waals surface area (Å²) in [5, 5.41) is 0. The van der Waals surface area contributed by atoms with Gasteiger partial charge in [0.1, 0.15) is 11.5 Å². The summed E-state index contributed by atoms with van der Waals surface area (Å²) in [5.41, 5.74) is 2.76. The second kappa shape index (κ2) is 25.9. The number of benzene rings is 2. The zero-order chi connectivity index (χ0) is 29.1. The molecule has 0 aliphatic rings. The summed E-state index contributed by atoms with van der Waals surface area (Å²) in [7, 11) is 0. The van der Waals surface area contributed by atoms with Crippen LogP contribution in [0.3, 0.4) is 0 Å². The lowest BCUT2D eigenvalue weighted by molar-refractivity contribution is 0.473. The molecule has 0 spiro atoms. The number of rotatable bonds is 28. The fourth-order valence-electron chi connectivity index (χ4n) is 6.03. The molecular weight excluding hydrogens is 496 g/mol. The average Bonchev–Trinajstić information content (AvgIpc) is 2.99. The second-order valence-corrected chi connectivity index (χ2v) is 12.6. The van der Waals surface area contributed by atoms with Gasteiger partial charge >= 0.3 is 0 Å². The lowest BCUT2D eigenvalue weighted by Gasteiger charge is -2.12. The maximum atomic E-state index is 6.42. The van der Waals surface area contributed by atoms with Gasteiger partial charge in [-0.1, -0.05) is 185 Å². The smallest absolute Gasteiger partial charge is 0.130 e. The largest absolute Gasteiger partial charge is 0.457 e. The van der Waals surface area contributed by atoms with E-state index < -0.39 is 0 Å². The Kier molecular flexibility index (Phi) is 22.4. The van der Waals surface area contributed by atoms with E-state index in [0.717, 1.165) is 24.3 Å². The Labute approximate surface area is 256 Å². The summed E-state index contributed by atoms with van der Waals surface area (Å²) in [4.78, 5) is 0. The van der Waals surface area contributed by atoms with Crippen LogP contribution in [0.15, 0.2) is 48.5 Å². The van der Waals surface area contributed by atoms with Crippen molar-refractivity contribution in [2.45, 2.75) is 181 Å². The lowest BCUT2D eigenvalue weighted by atomic mass is 10.0. The molecule has 2 rings (SSSR count). The highest BCUT2D eigenvalue weighted by atomic mass is 16.5. The standard InChI is InChI=1S/C40H66O/c1-3-5-7-9-11-13-15-17-19-21-23-25-30-37-31-29-34-39(36-37)41-40-35-28-27-33-38(40)32-26-24-22-20-18-16-14-12-10-8-6-4-2/h27-29,31,33-36H,3-26,30,32H2,1-2H3. The summed E-state index contributed by atoms with van der Waals surface area (Å²) in [6.07, 6.45) is 35.9. The Hall–Kier alpha value is -1.76. The van der Waals surface area contributed by atoms with Gasteiger partial charge in [-0.3, -0.25) is 0 Å². The molecule has 0 atom stereocenters. The van der Waals surface area contributed by atoms with Gasteiger partial charge in [-0.15, -0.1) is 0 Å². The fourth-order valence-corrected chi connectivity index (χ4v) is 6.03. The molecule has 0 fully saturated rings. The van der Waals surface area contributed by atoms with Crippen molar-refractivity contribution in [3.05, 3.63) is 59.7 Å². The fraction of sp³-hybridized carbons (Fsp3) is 0.700. The van der Waals surface area contributed by atoms with E-state index in [1.54, 1.807) is 0 Å². The Balaban J connectivity index is 1.56. The van der Waals surface area contributed by atoms with Crippen LogP contribution in [-0.4, -0.2) is 0 Å². The first-order chi connectivity index (χ1) is 20.3. The third-order valence-corrected chi connectivity index (χ3v) is 8.72. The van der Waals surface area contributed by atoms with Crippen LogP contribution < -0.4 is 4.74 Å². The van der Waals surface area contributed by atoms with Crippen LogP contribution in [-0.2, 0) is 12.8 Å². The first-order valence-electron chi connectivity index (χ1n) is 18.2. The predicted octanol–water partition coefficient (Wildman–Crippen LogP) is 14.0. The summed E-state index contributed by atoms with van der Waals surface area (Å²) >= 11 is 0. The van der Waals surface area contributed by atoms with Gasteiger partial charge in [0.2, 0.25) is 0 Å². The molecule has 1 heteroatoms. The summed E-state index contributed by atoms with van der Waals surface area (Å²) in [5.74, 6) is 2.03. The van der Waals surface area contributed by atoms with Gasteiger partial charge in [0.25, 0.3) is 0 Å². The monoisotopic (exact) mass is 563 g/mol. The minimum atomic E-state index is 0.989. The Morgan fingerprint density at radius 1 is 0.415 bits per heavy atom. The van der Waals surface area contributed by atoms with E-state index in [-0.39, 0.29) is 0 Å². The number of hydrogen-bond acceptors (Lipinski definition) is 1. The van der Waals surface area contributed by atoms with Gasteiger partial charge < -0.3 is 4.74 Å². The summed E-state index contributed by atoms with van der Waals surface area (Å²) in [6.45, 7) is 4.59. The van der Waals surface area contributed by atoms with Crippen molar-refractivity contribution in [2.24, 2.45) is 0 Å². The van der Waals surface area contributed by atoms with Crippen molar-refractivity contribution in [1.82, 2.24) is 0 Å². The van der Waals surface area contributed by atoms with Gasteiger partial charge in [-0.2, -0.15) is 0 Å². The molecule has 0 unspecified atom stereocenters. The maximum absolute atomic E-state index is 6.42. The van der Waals surface area contributed by atoms with Crippen LogP contribution >= 0.6 is 0 Å².